The van der Waals surface area contributed by atoms with Gasteiger partial charge in [-0.25, -0.2) is 8.42 Å². The number of fused-ring (bicyclic) bond motifs is 1. The minimum Gasteiger partial charge on any atom is -0.476 e. The van der Waals surface area contributed by atoms with Crippen LogP contribution >= 0.6 is 0 Å². The van der Waals surface area contributed by atoms with Gasteiger partial charge in [0, 0.05) is 0 Å². The molecule has 0 fully saturated rings. The van der Waals surface area contributed by atoms with Gasteiger partial charge < -0.3 is 10.1 Å². The number of benzene rings is 2. The van der Waals surface area contributed by atoms with E-state index in [2.05, 4.69) is 24.4 Å². The molecule has 29 heavy (non-hydrogen) atoms. The number of carbonyl (C=O) groups is 1. The highest BCUT2D eigenvalue weighted by atomic mass is 32.2. The Hall–Kier alpha value is -2.54. The van der Waals surface area contributed by atoms with E-state index >= 15 is 0 Å². The fourth-order valence-corrected chi connectivity index (χ4v) is 4.55. The molecule has 2 aromatic rings. The van der Waals surface area contributed by atoms with Gasteiger partial charge in [-0.1, -0.05) is 18.2 Å². The van der Waals surface area contributed by atoms with E-state index < -0.39 is 16.1 Å². The van der Waals surface area contributed by atoms with E-state index in [0.717, 1.165) is 28.5 Å². The van der Waals surface area contributed by atoms with Crippen molar-refractivity contribution in [2.75, 3.05) is 17.1 Å². The van der Waals surface area contributed by atoms with E-state index in [-0.39, 0.29) is 18.5 Å². The summed E-state index contributed by atoms with van der Waals surface area (Å²) in [5.74, 6) is 0.0532. The number of sulfonamides is 1. The van der Waals surface area contributed by atoms with E-state index in [1.807, 2.05) is 33.8 Å². The van der Waals surface area contributed by atoms with Gasteiger partial charge in [-0.15, -0.1) is 0 Å². The smallest absolute Gasteiger partial charge is 0.263 e. The molecule has 1 N–H and O–H groups in total. The molecule has 156 valence electrons. The Kier molecular flexibility index (Phi) is 5.63. The Bertz CT molecular complexity index is 1060. The van der Waals surface area contributed by atoms with Crippen LogP contribution in [0.1, 0.15) is 40.8 Å². The van der Waals surface area contributed by atoms with Crippen molar-refractivity contribution in [1.82, 2.24) is 5.32 Å². The second-order valence-electron chi connectivity index (χ2n) is 7.90. The number of rotatable bonds is 4. The van der Waals surface area contributed by atoms with E-state index in [4.69, 9.17) is 4.74 Å². The minimum absolute atomic E-state index is 0.0558. The summed E-state index contributed by atoms with van der Waals surface area (Å²) in [6, 6.07) is 9.26. The Morgan fingerprint density at radius 3 is 2.41 bits per heavy atom. The standard InChI is InChI=1S/C22H28N2O4S/c1-13-7-8-20-19(9-13)24(29(6,26)27)12-21(28-20)22(25)23-17(5)18-11-15(3)14(2)10-16(18)4/h7-11,17,21H,12H2,1-6H3,(H,23,25)/t17-,21-/m0/s1. The minimum atomic E-state index is -3.55. The van der Waals surface area contributed by atoms with Crippen LogP contribution in [0.5, 0.6) is 5.75 Å². The van der Waals surface area contributed by atoms with Gasteiger partial charge in [-0.05, 0) is 74.6 Å². The molecule has 6 nitrogen and oxygen atoms in total. The maximum atomic E-state index is 12.9. The predicted molar refractivity (Wildman–Crippen MR) is 115 cm³/mol. The van der Waals surface area contributed by atoms with Crippen LogP contribution in [0.25, 0.3) is 0 Å². The van der Waals surface area contributed by atoms with Crippen molar-refractivity contribution in [2.45, 2.75) is 46.8 Å². The summed E-state index contributed by atoms with van der Waals surface area (Å²) in [7, 11) is -3.55. The second kappa shape index (κ2) is 7.71. The van der Waals surface area contributed by atoms with Gasteiger partial charge in [0.1, 0.15) is 5.75 Å². The summed E-state index contributed by atoms with van der Waals surface area (Å²) in [5.41, 5.74) is 5.89. The summed E-state index contributed by atoms with van der Waals surface area (Å²) in [4.78, 5) is 12.9. The summed E-state index contributed by atoms with van der Waals surface area (Å²) >= 11 is 0. The molecular formula is C22H28N2O4S. The third-order valence-electron chi connectivity index (χ3n) is 5.38. The first-order chi connectivity index (χ1) is 13.5. The molecule has 1 heterocycles. The fraction of sp³-hybridized carbons (Fsp3) is 0.409. The molecule has 1 aliphatic heterocycles. The monoisotopic (exact) mass is 416 g/mol. The van der Waals surface area contributed by atoms with Crippen molar-refractivity contribution < 1.29 is 17.9 Å². The first kappa shape index (κ1) is 21.2. The van der Waals surface area contributed by atoms with Gasteiger partial charge in [0.05, 0.1) is 24.5 Å². The molecule has 2 aromatic carbocycles. The summed E-state index contributed by atoms with van der Waals surface area (Å²) < 4.78 is 31.8. The number of anilines is 1. The van der Waals surface area contributed by atoms with Crippen molar-refractivity contribution in [3.05, 3.63) is 58.1 Å². The quantitative estimate of drug-likeness (QED) is 0.830. The third kappa shape index (κ3) is 4.40. The van der Waals surface area contributed by atoms with Crippen molar-refractivity contribution in [3.8, 4) is 5.75 Å². The van der Waals surface area contributed by atoms with Crippen LogP contribution in [-0.4, -0.2) is 33.2 Å². The highest BCUT2D eigenvalue weighted by Gasteiger charge is 2.35. The van der Waals surface area contributed by atoms with Gasteiger partial charge in [-0.2, -0.15) is 0 Å². The Labute approximate surface area is 172 Å². The highest BCUT2D eigenvalue weighted by molar-refractivity contribution is 7.92. The second-order valence-corrected chi connectivity index (χ2v) is 9.80. The number of nitrogens with one attached hydrogen (secondary N) is 1. The van der Waals surface area contributed by atoms with Crippen molar-refractivity contribution >= 4 is 21.6 Å². The van der Waals surface area contributed by atoms with E-state index in [1.165, 1.54) is 9.87 Å². The predicted octanol–water partition coefficient (Wildman–Crippen LogP) is 3.32. The van der Waals surface area contributed by atoms with Crippen LogP contribution in [0.2, 0.25) is 0 Å². The maximum Gasteiger partial charge on any atom is 0.263 e. The summed E-state index contributed by atoms with van der Waals surface area (Å²) in [5, 5.41) is 2.98. The molecule has 0 aliphatic carbocycles. The average Bonchev–Trinajstić information content (AvgIpc) is 2.62. The summed E-state index contributed by atoms with van der Waals surface area (Å²) in [6.07, 6.45) is 0.217. The fourth-order valence-electron chi connectivity index (χ4n) is 3.65. The van der Waals surface area contributed by atoms with Gasteiger partial charge >= 0.3 is 0 Å². The van der Waals surface area contributed by atoms with Crippen LogP contribution < -0.4 is 14.4 Å². The Balaban J connectivity index is 1.85. The topological polar surface area (TPSA) is 75.7 Å². The van der Waals surface area contributed by atoms with Gasteiger partial charge in [-0.3, -0.25) is 9.10 Å². The lowest BCUT2D eigenvalue weighted by Gasteiger charge is -2.34. The molecule has 0 saturated heterocycles. The van der Waals surface area contributed by atoms with Crippen LogP contribution in [-0.2, 0) is 14.8 Å². The molecule has 2 atom stereocenters. The van der Waals surface area contributed by atoms with Crippen molar-refractivity contribution in [3.63, 3.8) is 0 Å². The molecule has 0 unspecified atom stereocenters. The lowest BCUT2D eigenvalue weighted by Crippen LogP contribution is -2.50. The van der Waals surface area contributed by atoms with Gasteiger partial charge in [0.25, 0.3) is 5.91 Å². The largest absolute Gasteiger partial charge is 0.476 e. The molecule has 1 amide bonds. The SMILES string of the molecule is Cc1ccc2c(c1)N(S(C)(=O)=O)C[C@@H](C(=O)N[C@@H](C)c1cc(C)c(C)cc1C)O2. The number of hydrogen-bond acceptors (Lipinski definition) is 4. The molecule has 0 saturated carbocycles. The van der Waals surface area contributed by atoms with Crippen LogP contribution in [0.15, 0.2) is 30.3 Å². The molecule has 0 spiro atoms. The Morgan fingerprint density at radius 1 is 1.10 bits per heavy atom. The van der Waals surface area contributed by atoms with Crippen LogP contribution in [0.4, 0.5) is 5.69 Å². The maximum absolute atomic E-state index is 12.9. The summed E-state index contributed by atoms with van der Waals surface area (Å²) in [6.45, 7) is 9.87. The molecule has 0 aromatic heterocycles. The lowest BCUT2D eigenvalue weighted by molar-refractivity contribution is -0.128. The Morgan fingerprint density at radius 2 is 1.76 bits per heavy atom. The van der Waals surface area contributed by atoms with Crippen molar-refractivity contribution in [1.29, 1.82) is 0 Å². The molecule has 1 aliphatic rings. The number of ether oxygens (including phenoxy) is 1. The molecule has 3 rings (SSSR count). The van der Waals surface area contributed by atoms with Crippen molar-refractivity contribution in [2.24, 2.45) is 0 Å². The average molecular weight is 417 g/mol. The first-order valence-corrected chi connectivity index (χ1v) is 11.5. The molecule has 7 heteroatoms. The number of hydrogen-bond donors (Lipinski definition) is 1. The molecule has 0 radical (unpaired) electrons. The zero-order chi connectivity index (χ0) is 21.5. The zero-order valence-corrected chi connectivity index (χ0v) is 18.6. The zero-order valence-electron chi connectivity index (χ0n) is 17.7. The third-order valence-corrected chi connectivity index (χ3v) is 6.53. The molecular weight excluding hydrogens is 388 g/mol. The van der Waals surface area contributed by atoms with Crippen LogP contribution in [0, 0.1) is 27.7 Å². The molecule has 0 bridgehead atoms. The number of aryl methyl sites for hydroxylation is 4. The number of nitrogens with zero attached hydrogens (tertiary/aromatic N) is 1. The van der Waals surface area contributed by atoms with Gasteiger partial charge in [0.15, 0.2) is 6.10 Å². The first-order valence-electron chi connectivity index (χ1n) is 9.60. The number of carbonyl (C=O) groups excluding carboxylic acids is 1. The normalized spacial score (nSPS) is 17.3. The lowest BCUT2D eigenvalue weighted by atomic mass is 9.96. The highest BCUT2D eigenvalue weighted by Crippen LogP contribution is 2.36. The van der Waals surface area contributed by atoms with Gasteiger partial charge in [0.2, 0.25) is 10.0 Å². The van der Waals surface area contributed by atoms with E-state index in [0.29, 0.717) is 11.4 Å². The number of amides is 1. The van der Waals surface area contributed by atoms with E-state index in [1.54, 1.807) is 12.1 Å². The van der Waals surface area contributed by atoms with E-state index in [9.17, 15) is 13.2 Å². The van der Waals surface area contributed by atoms with Crippen LogP contribution in [0.3, 0.4) is 0 Å².